The van der Waals surface area contributed by atoms with Crippen LogP contribution in [0.1, 0.15) is 19.0 Å². The first-order valence-corrected chi connectivity index (χ1v) is 6.28. The van der Waals surface area contributed by atoms with E-state index < -0.39 is 4.92 Å². The number of nitrogens with two attached hydrogens (primary N) is 1. The van der Waals surface area contributed by atoms with Gasteiger partial charge in [0.2, 0.25) is 0 Å². The van der Waals surface area contributed by atoms with Crippen LogP contribution in [0.4, 0.5) is 11.5 Å². The lowest BCUT2D eigenvalue weighted by Gasteiger charge is -2.42. The second-order valence-electron chi connectivity index (χ2n) is 4.62. The number of aromatic nitrogens is 1. The molecular formula is C12H18N4O3. The van der Waals surface area contributed by atoms with Gasteiger partial charge in [-0.3, -0.25) is 10.1 Å². The zero-order valence-electron chi connectivity index (χ0n) is 11.0. The van der Waals surface area contributed by atoms with Gasteiger partial charge in [0.15, 0.2) is 0 Å². The Morgan fingerprint density at radius 1 is 1.63 bits per heavy atom. The molecular weight excluding hydrogens is 248 g/mol. The summed E-state index contributed by atoms with van der Waals surface area (Å²) in [6.07, 6.45) is 0.898. The van der Waals surface area contributed by atoms with Gasteiger partial charge in [0.1, 0.15) is 11.5 Å². The zero-order chi connectivity index (χ0) is 14.0. The zero-order valence-corrected chi connectivity index (χ0v) is 11.0. The Labute approximate surface area is 111 Å². The summed E-state index contributed by atoms with van der Waals surface area (Å²) in [5.41, 5.74) is 6.33. The molecule has 3 atom stereocenters. The molecule has 0 aliphatic heterocycles. The highest BCUT2D eigenvalue weighted by Gasteiger charge is 2.39. The summed E-state index contributed by atoms with van der Waals surface area (Å²) in [6, 6.07) is 3.08. The Balaban J connectivity index is 2.07. The molecule has 1 fully saturated rings. The molecule has 3 N–H and O–H groups in total. The molecule has 0 saturated heterocycles. The number of rotatable bonds is 5. The SMILES string of the molecule is CCOC1CC(N)C1Nc1ccc([N+](=O)[O-])c(C)n1. The number of aryl methyl sites for hydroxylation is 1. The van der Waals surface area contributed by atoms with Crippen molar-refractivity contribution in [2.45, 2.75) is 38.5 Å². The molecule has 0 amide bonds. The minimum atomic E-state index is -0.440. The maximum absolute atomic E-state index is 10.7. The highest BCUT2D eigenvalue weighted by molar-refractivity contribution is 5.46. The van der Waals surface area contributed by atoms with E-state index in [0.29, 0.717) is 18.1 Å². The van der Waals surface area contributed by atoms with Crippen molar-refractivity contribution >= 4 is 11.5 Å². The van der Waals surface area contributed by atoms with E-state index in [1.54, 1.807) is 13.0 Å². The lowest BCUT2D eigenvalue weighted by Crippen LogP contribution is -2.60. The Morgan fingerprint density at radius 3 is 2.89 bits per heavy atom. The highest BCUT2D eigenvalue weighted by Crippen LogP contribution is 2.26. The first-order chi connectivity index (χ1) is 9.02. The second-order valence-corrected chi connectivity index (χ2v) is 4.62. The summed E-state index contributed by atoms with van der Waals surface area (Å²) in [7, 11) is 0. The summed E-state index contributed by atoms with van der Waals surface area (Å²) in [5.74, 6) is 0.591. The third kappa shape index (κ3) is 2.82. The smallest absolute Gasteiger partial charge is 0.290 e. The summed E-state index contributed by atoms with van der Waals surface area (Å²) in [6.45, 7) is 4.20. The van der Waals surface area contributed by atoms with Crippen molar-refractivity contribution in [1.82, 2.24) is 4.98 Å². The molecule has 1 aromatic rings. The summed E-state index contributed by atoms with van der Waals surface area (Å²) in [5, 5.41) is 13.9. The Kier molecular flexibility index (Phi) is 3.96. The van der Waals surface area contributed by atoms with Crippen LogP contribution in [0.3, 0.4) is 0 Å². The van der Waals surface area contributed by atoms with Crippen molar-refractivity contribution in [3.05, 3.63) is 27.9 Å². The molecule has 2 rings (SSSR count). The lowest BCUT2D eigenvalue weighted by molar-refractivity contribution is -0.385. The predicted molar refractivity (Wildman–Crippen MR) is 71.0 cm³/mol. The number of ether oxygens (including phenoxy) is 1. The van der Waals surface area contributed by atoms with Gasteiger partial charge in [0, 0.05) is 18.7 Å². The minimum absolute atomic E-state index is 0.00769. The van der Waals surface area contributed by atoms with Crippen molar-refractivity contribution in [1.29, 1.82) is 0 Å². The van der Waals surface area contributed by atoms with Crippen molar-refractivity contribution in [3.8, 4) is 0 Å². The average molecular weight is 266 g/mol. The van der Waals surface area contributed by atoms with E-state index in [-0.39, 0.29) is 23.9 Å². The van der Waals surface area contributed by atoms with E-state index in [9.17, 15) is 10.1 Å². The molecule has 0 aromatic carbocycles. The van der Waals surface area contributed by atoms with E-state index in [1.165, 1.54) is 6.07 Å². The topological polar surface area (TPSA) is 103 Å². The quantitative estimate of drug-likeness (QED) is 0.613. The van der Waals surface area contributed by atoms with Gasteiger partial charge in [-0.1, -0.05) is 0 Å². The van der Waals surface area contributed by atoms with E-state index in [4.69, 9.17) is 10.5 Å². The average Bonchev–Trinajstić information content (AvgIpc) is 2.35. The monoisotopic (exact) mass is 266 g/mol. The van der Waals surface area contributed by atoms with Gasteiger partial charge < -0.3 is 15.8 Å². The van der Waals surface area contributed by atoms with Gasteiger partial charge >= 0.3 is 0 Å². The van der Waals surface area contributed by atoms with Crippen molar-refractivity contribution in [3.63, 3.8) is 0 Å². The number of anilines is 1. The largest absolute Gasteiger partial charge is 0.376 e. The molecule has 19 heavy (non-hydrogen) atoms. The standard InChI is InChI=1S/C12H18N4O3/c1-3-19-10-6-8(13)12(10)15-11-5-4-9(16(17)18)7(2)14-11/h4-5,8,10,12H,3,6,13H2,1-2H3,(H,14,15). The number of hydrogen-bond acceptors (Lipinski definition) is 6. The maximum Gasteiger partial charge on any atom is 0.290 e. The van der Waals surface area contributed by atoms with Crippen LogP contribution in [-0.4, -0.2) is 34.7 Å². The molecule has 1 aliphatic rings. The van der Waals surface area contributed by atoms with Crippen molar-refractivity contribution in [2.24, 2.45) is 5.73 Å². The molecule has 0 bridgehead atoms. The normalized spacial score (nSPS) is 25.7. The molecule has 3 unspecified atom stereocenters. The molecule has 1 saturated carbocycles. The van der Waals surface area contributed by atoms with E-state index in [1.807, 2.05) is 6.92 Å². The van der Waals surface area contributed by atoms with E-state index in [0.717, 1.165) is 6.42 Å². The molecule has 1 heterocycles. The number of nitrogens with zero attached hydrogens (tertiary/aromatic N) is 2. The first-order valence-electron chi connectivity index (χ1n) is 6.28. The number of pyridine rings is 1. The van der Waals surface area contributed by atoms with Crippen LogP contribution >= 0.6 is 0 Å². The number of hydrogen-bond donors (Lipinski definition) is 2. The fourth-order valence-electron chi connectivity index (χ4n) is 2.22. The fourth-order valence-corrected chi connectivity index (χ4v) is 2.22. The Morgan fingerprint density at radius 2 is 2.37 bits per heavy atom. The first kappa shape index (κ1) is 13.7. The molecule has 7 nitrogen and oxygen atoms in total. The van der Waals surface area contributed by atoms with Crippen LogP contribution in [0.15, 0.2) is 12.1 Å². The van der Waals surface area contributed by atoms with Crippen LogP contribution in [0.5, 0.6) is 0 Å². The molecule has 1 aliphatic carbocycles. The fraction of sp³-hybridized carbons (Fsp3) is 0.583. The van der Waals surface area contributed by atoms with Crippen LogP contribution < -0.4 is 11.1 Å². The van der Waals surface area contributed by atoms with Crippen LogP contribution in [0, 0.1) is 17.0 Å². The maximum atomic E-state index is 10.7. The van der Waals surface area contributed by atoms with Gasteiger partial charge in [0.05, 0.1) is 17.1 Å². The summed E-state index contributed by atoms with van der Waals surface area (Å²) in [4.78, 5) is 14.5. The summed E-state index contributed by atoms with van der Waals surface area (Å²) < 4.78 is 5.55. The highest BCUT2D eigenvalue weighted by atomic mass is 16.6. The second kappa shape index (κ2) is 5.50. The minimum Gasteiger partial charge on any atom is -0.376 e. The Hall–Kier alpha value is -1.73. The molecule has 0 spiro atoms. The molecule has 0 radical (unpaired) electrons. The van der Waals surface area contributed by atoms with Crippen LogP contribution in [0.2, 0.25) is 0 Å². The van der Waals surface area contributed by atoms with Gasteiger partial charge in [0.25, 0.3) is 5.69 Å². The van der Waals surface area contributed by atoms with Crippen LogP contribution in [-0.2, 0) is 4.74 Å². The number of nitro groups is 1. The van der Waals surface area contributed by atoms with E-state index in [2.05, 4.69) is 10.3 Å². The molecule has 1 aromatic heterocycles. The van der Waals surface area contributed by atoms with Crippen LogP contribution in [0.25, 0.3) is 0 Å². The third-order valence-electron chi connectivity index (χ3n) is 3.32. The van der Waals surface area contributed by atoms with Crippen molar-refractivity contribution < 1.29 is 9.66 Å². The van der Waals surface area contributed by atoms with Gasteiger partial charge in [-0.05, 0) is 26.3 Å². The predicted octanol–water partition coefficient (Wildman–Crippen LogP) is 1.21. The number of nitrogens with one attached hydrogen (secondary N) is 1. The third-order valence-corrected chi connectivity index (χ3v) is 3.32. The lowest BCUT2D eigenvalue weighted by atomic mass is 9.83. The molecule has 104 valence electrons. The Bertz CT molecular complexity index is 478. The summed E-state index contributed by atoms with van der Waals surface area (Å²) >= 11 is 0. The van der Waals surface area contributed by atoms with E-state index >= 15 is 0 Å². The molecule has 7 heteroatoms. The van der Waals surface area contributed by atoms with Crippen molar-refractivity contribution in [2.75, 3.05) is 11.9 Å². The van der Waals surface area contributed by atoms with Gasteiger partial charge in [-0.15, -0.1) is 0 Å². The van der Waals surface area contributed by atoms with Gasteiger partial charge in [-0.25, -0.2) is 4.98 Å². The van der Waals surface area contributed by atoms with Gasteiger partial charge in [-0.2, -0.15) is 0 Å².